The summed E-state index contributed by atoms with van der Waals surface area (Å²) in [7, 11) is 0. The van der Waals surface area contributed by atoms with Gasteiger partial charge in [-0.2, -0.15) is 0 Å². The third-order valence-electron chi connectivity index (χ3n) is 1.94. The summed E-state index contributed by atoms with van der Waals surface area (Å²) in [5, 5.41) is 0. The number of halogens is 1. The normalized spacial score (nSPS) is 9.35. The number of hydrogen-bond donors (Lipinski definition) is 2. The maximum atomic E-state index is 10.7. The van der Waals surface area contributed by atoms with Crippen molar-refractivity contribution in [3.63, 3.8) is 0 Å². The van der Waals surface area contributed by atoms with Gasteiger partial charge in [0.05, 0.1) is 4.47 Å². The molecule has 4 nitrogen and oxygen atoms in total. The summed E-state index contributed by atoms with van der Waals surface area (Å²) in [5.74, 6) is 0. The topological polar surface area (TPSA) is 65.7 Å². The summed E-state index contributed by atoms with van der Waals surface area (Å²) in [6, 6.07) is 5.06. The zero-order valence-corrected chi connectivity index (χ0v) is 11.2. The number of aryl methyl sites for hydroxylation is 2. The Balaban J connectivity index is 0.000000171. The van der Waals surface area contributed by atoms with Crippen LogP contribution in [0.15, 0.2) is 44.7 Å². The number of nitrogens with one attached hydrogen (secondary N) is 2. The number of rotatable bonds is 0. The fourth-order valence-corrected chi connectivity index (χ4v) is 1.52. The summed E-state index contributed by atoms with van der Waals surface area (Å²) >= 11 is 3.10. The van der Waals surface area contributed by atoms with E-state index in [9.17, 15) is 9.59 Å². The zero-order chi connectivity index (χ0) is 12.8. The first-order valence-corrected chi connectivity index (χ1v) is 5.78. The molecule has 0 bridgehead atoms. The smallest absolute Gasteiger partial charge is 0.262 e. The van der Waals surface area contributed by atoms with Gasteiger partial charge in [-0.25, -0.2) is 0 Å². The third kappa shape index (κ3) is 4.82. The van der Waals surface area contributed by atoms with Crippen molar-refractivity contribution < 1.29 is 0 Å². The Labute approximate surface area is 107 Å². The van der Waals surface area contributed by atoms with Crippen LogP contribution in [0.4, 0.5) is 0 Å². The highest BCUT2D eigenvalue weighted by Gasteiger charge is 1.91. The Morgan fingerprint density at radius 2 is 1.65 bits per heavy atom. The van der Waals surface area contributed by atoms with Crippen LogP contribution in [0.25, 0.3) is 0 Å². The van der Waals surface area contributed by atoms with Crippen molar-refractivity contribution in [3.8, 4) is 0 Å². The van der Waals surface area contributed by atoms with Gasteiger partial charge in [0, 0.05) is 18.5 Å². The molecule has 0 radical (unpaired) electrons. The Hall–Kier alpha value is -1.62. The molecule has 0 spiro atoms. The number of aromatic nitrogens is 2. The lowest BCUT2D eigenvalue weighted by Gasteiger charge is -1.89. The Morgan fingerprint density at radius 3 is 2.06 bits per heavy atom. The molecule has 0 aliphatic rings. The van der Waals surface area contributed by atoms with Crippen molar-refractivity contribution in [2.24, 2.45) is 0 Å². The minimum Gasteiger partial charge on any atom is -0.329 e. The van der Waals surface area contributed by atoms with Gasteiger partial charge in [-0.3, -0.25) is 9.59 Å². The van der Waals surface area contributed by atoms with E-state index in [1.165, 1.54) is 6.07 Å². The van der Waals surface area contributed by atoms with Gasteiger partial charge >= 0.3 is 0 Å². The van der Waals surface area contributed by atoms with Crippen LogP contribution in [-0.2, 0) is 0 Å². The Bertz CT molecular complexity index is 581. The van der Waals surface area contributed by atoms with Crippen LogP contribution in [0.1, 0.15) is 11.1 Å². The third-order valence-corrected chi connectivity index (χ3v) is 2.53. The molecule has 0 saturated heterocycles. The fraction of sp³-hybridized carbons (Fsp3) is 0.167. The summed E-state index contributed by atoms with van der Waals surface area (Å²) < 4.78 is 0.586. The average Bonchev–Trinajstić information content (AvgIpc) is 2.29. The van der Waals surface area contributed by atoms with E-state index >= 15 is 0 Å². The average molecular weight is 297 g/mol. The van der Waals surface area contributed by atoms with Gasteiger partial charge < -0.3 is 9.97 Å². The standard InChI is InChI=1S/C6H6BrNO.C6H7NO/c1-4-2-5(7)6(9)8-3-4;1-5-2-3-6(8)7-4-5/h2-3H,1H3,(H,8,9);2-4H,1H3,(H,7,8). The number of hydrogen-bond acceptors (Lipinski definition) is 2. The molecule has 90 valence electrons. The number of aromatic amines is 2. The Kier molecular flexibility index (Phi) is 4.90. The van der Waals surface area contributed by atoms with Gasteiger partial charge in [0.15, 0.2) is 0 Å². The molecule has 2 aromatic rings. The van der Waals surface area contributed by atoms with Crippen molar-refractivity contribution >= 4 is 15.9 Å². The molecule has 0 unspecified atom stereocenters. The van der Waals surface area contributed by atoms with Crippen LogP contribution in [0.5, 0.6) is 0 Å². The summed E-state index contributed by atoms with van der Waals surface area (Å²) in [5.41, 5.74) is 1.99. The lowest BCUT2D eigenvalue weighted by atomic mass is 10.3. The maximum absolute atomic E-state index is 10.7. The van der Waals surface area contributed by atoms with Crippen molar-refractivity contribution in [2.75, 3.05) is 0 Å². The van der Waals surface area contributed by atoms with E-state index in [-0.39, 0.29) is 11.1 Å². The molecule has 5 heteroatoms. The molecule has 0 aromatic carbocycles. The second kappa shape index (κ2) is 6.20. The molecular weight excluding hydrogens is 284 g/mol. The second-order valence-electron chi connectivity index (χ2n) is 3.58. The van der Waals surface area contributed by atoms with E-state index in [4.69, 9.17) is 0 Å². The molecule has 2 aromatic heterocycles. The predicted molar refractivity (Wildman–Crippen MR) is 71.3 cm³/mol. The van der Waals surface area contributed by atoms with Gasteiger partial charge in [-0.1, -0.05) is 6.07 Å². The second-order valence-corrected chi connectivity index (χ2v) is 4.44. The molecule has 2 heterocycles. The maximum Gasteiger partial charge on any atom is 0.262 e. The molecule has 0 saturated carbocycles. The number of H-pyrrole nitrogens is 2. The lowest BCUT2D eigenvalue weighted by molar-refractivity contribution is 1.18. The first-order chi connectivity index (χ1) is 7.99. The van der Waals surface area contributed by atoms with Crippen LogP contribution >= 0.6 is 15.9 Å². The number of pyridine rings is 2. The molecule has 0 fully saturated rings. The van der Waals surface area contributed by atoms with E-state index in [2.05, 4.69) is 25.9 Å². The summed E-state index contributed by atoms with van der Waals surface area (Å²) in [4.78, 5) is 26.1. The van der Waals surface area contributed by atoms with Gasteiger partial charge in [0.1, 0.15) is 0 Å². The van der Waals surface area contributed by atoms with Crippen LogP contribution in [0.3, 0.4) is 0 Å². The summed E-state index contributed by atoms with van der Waals surface area (Å²) in [6.07, 6.45) is 3.36. The molecule has 0 amide bonds. The minimum absolute atomic E-state index is 0.0457. The van der Waals surface area contributed by atoms with Crippen molar-refractivity contribution in [1.82, 2.24) is 9.97 Å². The van der Waals surface area contributed by atoms with Crippen molar-refractivity contribution in [1.29, 1.82) is 0 Å². The first kappa shape index (κ1) is 13.4. The largest absolute Gasteiger partial charge is 0.329 e. The van der Waals surface area contributed by atoms with E-state index in [0.29, 0.717) is 4.47 Å². The highest BCUT2D eigenvalue weighted by Crippen LogP contribution is 2.02. The monoisotopic (exact) mass is 296 g/mol. The molecular formula is C12H13BrN2O2. The lowest BCUT2D eigenvalue weighted by Crippen LogP contribution is -2.04. The quantitative estimate of drug-likeness (QED) is 0.782. The van der Waals surface area contributed by atoms with Crippen molar-refractivity contribution in [3.05, 3.63) is 66.9 Å². The molecule has 0 atom stereocenters. The van der Waals surface area contributed by atoms with Crippen LogP contribution < -0.4 is 11.1 Å². The first-order valence-electron chi connectivity index (χ1n) is 4.99. The summed E-state index contributed by atoms with van der Waals surface area (Å²) in [6.45, 7) is 3.84. The minimum atomic E-state index is -0.0828. The van der Waals surface area contributed by atoms with E-state index < -0.39 is 0 Å². The highest BCUT2D eigenvalue weighted by atomic mass is 79.9. The van der Waals surface area contributed by atoms with Gasteiger partial charge in [0.25, 0.3) is 5.56 Å². The predicted octanol–water partition coefficient (Wildman–Crippen LogP) is 2.13. The van der Waals surface area contributed by atoms with Gasteiger partial charge in [0.2, 0.25) is 5.56 Å². The molecule has 0 aliphatic heterocycles. The van der Waals surface area contributed by atoms with E-state index in [1.807, 2.05) is 13.8 Å². The van der Waals surface area contributed by atoms with Gasteiger partial charge in [-0.15, -0.1) is 0 Å². The molecule has 2 N–H and O–H groups in total. The van der Waals surface area contributed by atoms with Crippen LogP contribution in [-0.4, -0.2) is 9.97 Å². The SMILES string of the molecule is Cc1c[nH]c(=O)c(Br)c1.Cc1ccc(=O)[nH]c1. The molecule has 0 aliphatic carbocycles. The van der Waals surface area contributed by atoms with Gasteiger partial charge in [-0.05, 0) is 47.0 Å². The van der Waals surface area contributed by atoms with Crippen molar-refractivity contribution in [2.45, 2.75) is 13.8 Å². The van der Waals surface area contributed by atoms with E-state index in [0.717, 1.165) is 11.1 Å². The molecule has 17 heavy (non-hydrogen) atoms. The zero-order valence-electron chi connectivity index (χ0n) is 9.58. The van der Waals surface area contributed by atoms with Crippen LogP contribution in [0, 0.1) is 13.8 Å². The van der Waals surface area contributed by atoms with Crippen LogP contribution in [0.2, 0.25) is 0 Å². The highest BCUT2D eigenvalue weighted by molar-refractivity contribution is 9.10. The molecule has 2 rings (SSSR count). The fourth-order valence-electron chi connectivity index (χ4n) is 1.04. The Morgan fingerprint density at radius 1 is 1.00 bits per heavy atom. The van der Waals surface area contributed by atoms with E-state index in [1.54, 1.807) is 24.5 Å².